The number of thioether (sulfide) groups is 1. The first kappa shape index (κ1) is 16.4. The largest absolute Gasteiger partial charge is 0.335 e. The van der Waals surface area contributed by atoms with Crippen molar-refractivity contribution in [1.82, 2.24) is 9.88 Å². The second-order valence-corrected chi connectivity index (χ2v) is 6.61. The molecule has 1 aliphatic heterocycles. The fourth-order valence-electron chi connectivity index (χ4n) is 2.89. The van der Waals surface area contributed by atoms with Crippen molar-refractivity contribution in [3.63, 3.8) is 0 Å². The predicted octanol–water partition coefficient (Wildman–Crippen LogP) is 3.45. The van der Waals surface area contributed by atoms with Gasteiger partial charge in [-0.3, -0.25) is 19.9 Å². The van der Waals surface area contributed by atoms with Crippen molar-refractivity contribution < 1.29 is 9.72 Å². The standard InChI is InChI=1S/C17H17N3O3S/c21-17(12-24-15-5-3-14(4-6-15)20(22)23)19-11-1-2-16(19)13-7-9-18-10-8-13/h3-10,16H,1-2,11-12H2/t16-/m0/s1. The van der Waals surface area contributed by atoms with E-state index in [9.17, 15) is 14.9 Å². The van der Waals surface area contributed by atoms with Crippen LogP contribution in [0.15, 0.2) is 53.7 Å². The van der Waals surface area contributed by atoms with Gasteiger partial charge >= 0.3 is 0 Å². The number of carbonyl (C=O) groups excluding carboxylic acids is 1. The lowest BCUT2D eigenvalue weighted by atomic mass is 10.1. The Morgan fingerprint density at radius 2 is 1.96 bits per heavy atom. The first-order chi connectivity index (χ1) is 11.6. The topological polar surface area (TPSA) is 76.3 Å². The molecule has 0 aliphatic carbocycles. The van der Waals surface area contributed by atoms with Gasteiger partial charge in [-0.15, -0.1) is 11.8 Å². The number of likely N-dealkylation sites (tertiary alicyclic amines) is 1. The van der Waals surface area contributed by atoms with Crippen molar-refractivity contribution in [3.8, 4) is 0 Å². The number of nitro groups is 1. The summed E-state index contributed by atoms with van der Waals surface area (Å²) < 4.78 is 0. The lowest BCUT2D eigenvalue weighted by molar-refractivity contribution is -0.384. The van der Waals surface area contributed by atoms with Crippen LogP contribution in [0.3, 0.4) is 0 Å². The minimum atomic E-state index is -0.427. The van der Waals surface area contributed by atoms with Crippen LogP contribution in [0.5, 0.6) is 0 Å². The Kier molecular flexibility index (Phi) is 5.10. The number of nitro benzene ring substituents is 1. The van der Waals surface area contributed by atoms with E-state index in [0.29, 0.717) is 5.75 Å². The SMILES string of the molecule is O=C(CSc1ccc([N+](=O)[O-])cc1)N1CCC[C@H]1c1ccncc1. The first-order valence-electron chi connectivity index (χ1n) is 7.72. The van der Waals surface area contributed by atoms with Crippen LogP contribution in [0.2, 0.25) is 0 Å². The zero-order valence-electron chi connectivity index (χ0n) is 13.0. The molecule has 1 saturated heterocycles. The normalized spacial score (nSPS) is 17.0. The molecular formula is C17H17N3O3S. The van der Waals surface area contributed by atoms with E-state index in [-0.39, 0.29) is 17.6 Å². The second kappa shape index (κ2) is 7.44. The fraction of sp³-hybridized carbons (Fsp3) is 0.294. The number of carbonyl (C=O) groups is 1. The minimum Gasteiger partial charge on any atom is -0.335 e. The summed E-state index contributed by atoms with van der Waals surface area (Å²) in [5.74, 6) is 0.428. The van der Waals surface area contributed by atoms with Crippen molar-refractivity contribution in [2.24, 2.45) is 0 Å². The number of hydrogen-bond acceptors (Lipinski definition) is 5. The Labute approximate surface area is 144 Å². The maximum absolute atomic E-state index is 12.6. The molecule has 3 rings (SSSR count). The summed E-state index contributed by atoms with van der Waals surface area (Å²) >= 11 is 1.41. The molecule has 124 valence electrons. The first-order valence-corrected chi connectivity index (χ1v) is 8.70. The van der Waals surface area contributed by atoms with E-state index in [4.69, 9.17) is 0 Å². The summed E-state index contributed by atoms with van der Waals surface area (Å²) in [5.41, 5.74) is 1.18. The molecule has 1 atom stereocenters. The van der Waals surface area contributed by atoms with Gasteiger partial charge in [-0.2, -0.15) is 0 Å². The number of benzene rings is 1. The van der Waals surface area contributed by atoms with Crippen LogP contribution in [0.1, 0.15) is 24.4 Å². The lowest BCUT2D eigenvalue weighted by Crippen LogP contribution is -2.31. The fourth-order valence-corrected chi connectivity index (χ4v) is 3.67. The van der Waals surface area contributed by atoms with Crippen molar-refractivity contribution in [3.05, 3.63) is 64.5 Å². The molecule has 1 fully saturated rings. The van der Waals surface area contributed by atoms with Crippen LogP contribution in [0, 0.1) is 10.1 Å². The van der Waals surface area contributed by atoms with Gasteiger partial charge in [0.25, 0.3) is 5.69 Å². The van der Waals surface area contributed by atoms with Crippen molar-refractivity contribution in [2.45, 2.75) is 23.8 Å². The van der Waals surface area contributed by atoms with Crippen LogP contribution in [0.4, 0.5) is 5.69 Å². The number of pyridine rings is 1. The number of amides is 1. The number of non-ortho nitro benzene ring substituents is 1. The number of rotatable bonds is 5. The molecule has 0 radical (unpaired) electrons. The van der Waals surface area contributed by atoms with Gasteiger partial charge in [0, 0.05) is 36.0 Å². The second-order valence-electron chi connectivity index (χ2n) is 5.57. The molecule has 1 aliphatic rings. The zero-order valence-corrected chi connectivity index (χ0v) is 13.8. The molecule has 0 N–H and O–H groups in total. The molecule has 24 heavy (non-hydrogen) atoms. The minimum absolute atomic E-state index is 0.0583. The Bertz CT molecular complexity index is 722. The Hall–Kier alpha value is -2.41. The molecule has 0 bridgehead atoms. The highest BCUT2D eigenvalue weighted by Gasteiger charge is 2.29. The molecule has 0 spiro atoms. The summed E-state index contributed by atoms with van der Waals surface area (Å²) in [6, 6.07) is 10.3. The van der Waals surface area contributed by atoms with E-state index in [1.165, 1.54) is 23.9 Å². The molecule has 2 aromatic rings. The molecule has 1 aromatic heterocycles. The zero-order chi connectivity index (χ0) is 16.9. The summed E-state index contributed by atoms with van der Waals surface area (Å²) in [7, 11) is 0. The van der Waals surface area contributed by atoms with E-state index in [1.807, 2.05) is 17.0 Å². The molecule has 1 amide bonds. The predicted molar refractivity (Wildman–Crippen MR) is 91.7 cm³/mol. The van der Waals surface area contributed by atoms with Crippen LogP contribution in [-0.2, 0) is 4.79 Å². The summed E-state index contributed by atoms with van der Waals surface area (Å²) in [5, 5.41) is 10.7. The van der Waals surface area contributed by atoms with Gasteiger partial charge < -0.3 is 4.90 Å². The van der Waals surface area contributed by atoms with E-state index >= 15 is 0 Å². The highest BCUT2D eigenvalue weighted by Crippen LogP contribution is 2.32. The lowest BCUT2D eigenvalue weighted by Gasteiger charge is -2.25. The smallest absolute Gasteiger partial charge is 0.269 e. The van der Waals surface area contributed by atoms with Gasteiger partial charge in [0.05, 0.1) is 16.7 Å². The molecule has 6 nitrogen and oxygen atoms in total. The van der Waals surface area contributed by atoms with Crippen LogP contribution in [-0.4, -0.2) is 33.0 Å². The maximum atomic E-state index is 12.6. The van der Waals surface area contributed by atoms with E-state index in [2.05, 4.69) is 4.98 Å². The number of nitrogens with zero attached hydrogens (tertiary/aromatic N) is 3. The summed E-state index contributed by atoms with van der Waals surface area (Å²) in [6.07, 6.45) is 5.47. The van der Waals surface area contributed by atoms with Gasteiger partial charge in [0.15, 0.2) is 0 Å². The highest BCUT2D eigenvalue weighted by molar-refractivity contribution is 8.00. The highest BCUT2D eigenvalue weighted by atomic mass is 32.2. The monoisotopic (exact) mass is 343 g/mol. The third kappa shape index (κ3) is 3.73. The van der Waals surface area contributed by atoms with E-state index in [0.717, 1.165) is 29.8 Å². The third-order valence-corrected chi connectivity index (χ3v) is 5.07. The van der Waals surface area contributed by atoms with Crippen molar-refractivity contribution >= 4 is 23.4 Å². The Morgan fingerprint density at radius 1 is 1.25 bits per heavy atom. The Balaban J connectivity index is 1.61. The maximum Gasteiger partial charge on any atom is 0.269 e. The van der Waals surface area contributed by atoms with Crippen LogP contribution in [0.25, 0.3) is 0 Å². The summed E-state index contributed by atoms with van der Waals surface area (Å²) in [6.45, 7) is 0.770. The molecule has 0 unspecified atom stereocenters. The molecule has 1 aromatic carbocycles. The van der Waals surface area contributed by atoms with Gasteiger partial charge in [0.2, 0.25) is 5.91 Å². The van der Waals surface area contributed by atoms with Crippen molar-refractivity contribution in [2.75, 3.05) is 12.3 Å². The van der Waals surface area contributed by atoms with Crippen molar-refractivity contribution in [1.29, 1.82) is 0 Å². The van der Waals surface area contributed by atoms with E-state index in [1.54, 1.807) is 24.5 Å². The van der Waals surface area contributed by atoms with Crippen LogP contribution < -0.4 is 0 Å². The van der Waals surface area contributed by atoms with Gasteiger partial charge in [0.1, 0.15) is 0 Å². The molecule has 2 heterocycles. The quantitative estimate of drug-likeness (QED) is 0.472. The average Bonchev–Trinajstić information content (AvgIpc) is 3.10. The van der Waals surface area contributed by atoms with Gasteiger partial charge in [-0.25, -0.2) is 0 Å². The molecule has 0 saturated carbocycles. The molecule has 7 heteroatoms. The van der Waals surface area contributed by atoms with Gasteiger partial charge in [-0.05, 0) is 42.7 Å². The summed E-state index contributed by atoms with van der Waals surface area (Å²) in [4.78, 5) is 29.6. The molecular weight excluding hydrogens is 326 g/mol. The third-order valence-electron chi connectivity index (χ3n) is 4.07. The Morgan fingerprint density at radius 3 is 2.62 bits per heavy atom. The van der Waals surface area contributed by atoms with Crippen LogP contribution >= 0.6 is 11.8 Å². The van der Waals surface area contributed by atoms with Gasteiger partial charge in [-0.1, -0.05) is 0 Å². The number of hydrogen-bond donors (Lipinski definition) is 0. The van der Waals surface area contributed by atoms with E-state index < -0.39 is 4.92 Å². The average molecular weight is 343 g/mol. The number of aromatic nitrogens is 1.